The van der Waals surface area contributed by atoms with Crippen molar-refractivity contribution in [3.05, 3.63) is 42.2 Å². The lowest BCUT2D eigenvalue weighted by atomic mass is 9.49. The maximum Gasteiger partial charge on any atom is 0.260 e. The molecule has 5 rings (SSSR count). The van der Waals surface area contributed by atoms with E-state index in [-0.39, 0.29) is 12.5 Å². The van der Waals surface area contributed by atoms with Gasteiger partial charge in [0, 0.05) is 0 Å². The first-order valence-corrected chi connectivity index (χ1v) is 8.47. The Hall–Kier alpha value is -2.43. The van der Waals surface area contributed by atoms with E-state index < -0.39 is 0 Å². The van der Waals surface area contributed by atoms with Crippen LogP contribution in [0.4, 0.5) is 0 Å². The van der Waals surface area contributed by atoms with Crippen LogP contribution in [-0.2, 0) is 11.3 Å². The van der Waals surface area contributed by atoms with E-state index in [1.54, 1.807) is 6.33 Å². The molecular formula is C19H22N4O. The molecule has 1 heterocycles. The van der Waals surface area contributed by atoms with Gasteiger partial charge >= 0.3 is 0 Å². The molecule has 0 spiro atoms. The molecule has 2 aromatic rings. The summed E-state index contributed by atoms with van der Waals surface area (Å²) in [5.74, 6) is 1.25. The summed E-state index contributed by atoms with van der Waals surface area (Å²) in [5, 5.41) is 4.17. The van der Waals surface area contributed by atoms with Crippen LogP contribution in [-0.4, -0.2) is 21.7 Å². The lowest BCUT2D eigenvalue weighted by Gasteiger charge is -2.55. The van der Waals surface area contributed by atoms with Gasteiger partial charge in [0.2, 0.25) is 0 Å². The Morgan fingerprint density at radius 1 is 1.46 bits per heavy atom. The van der Waals surface area contributed by atoms with Crippen LogP contribution in [0, 0.1) is 17.3 Å². The largest absolute Gasteiger partial charge is 0.321 e. The number of rotatable bonds is 4. The normalized spacial score (nSPS) is 24.7. The Bertz CT molecular complexity index is 846. The third-order valence-electron chi connectivity index (χ3n) is 5.76. The fourth-order valence-electron chi connectivity index (χ4n) is 4.05. The highest BCUT2D eigenvalue weighted by Crippen LogP contribution is 2.58. The Labute approximate surface area is 141 Å². The second-order valence-corrected chi connectivity index (χ2v) is 7.40. The molecule has 0 radical (unpaired) electrons. The Kier molecular flexibility index (Phi) is 3.52. The van der Waals surface area contributed by atoms with Gasteiger partial charge in [-0.15, -0.1) is 0 Å². The van der Waals surface area contributed by atoms with E-state index >= 15 is 0 Å². The van der Waals surface area contributed by atoms with Gasteiger partial charge in [-0.3, -0.25) is 4.79 Å². The monoisotopic (exact) mass is 322 g/mol. The molecule has 5 nitrogen and oxygen atoms in total. The zero-order chi connectivity index (χ0) is 16.7. The summed E-state index contributed by atoms with van der Waals surface area (Å²) in [5.41, 5.74) is 6.11. The number of aromatic nitrogens is 2. The molecule has 2 bridgehead atoms. The van der Waals surface area contributed by atoms with E-state index in [9.17, 15) is 4.79 Å². The van der Waals surface area contributed by atoms with Crippen LogP contribution in [0.3, 0.4) is 0 Å². The molecule has 2 atom stereocenters. The average Bonchev–Trinajstić information content (AvgIpc) is 2.98. The summed E-state index contributed by atoms with van der Waals surface area (Å²) in [4.78, 5) is 16.4. The van der Waals surface area contributed by atoms with Crippen LogP contribution in [0.25, 0.3) is 11.0 Å². The lowest BCUT2D eigenvalue weighted by Crippen LogP contribution is -2.48. The zero-order valence-corrected chi connectivity index (χ0v) is 14.1. The maximum atomic E-state index is 12.1. The predicted molar refractivity (Wildman–Crippen MR) is 94.4 cm³/mol. The topological polar surface area (TPSA) is 59.3 Å². The van der Waals surface area contributed by atoms with Gasteiger partial charge in [0.1, 0.15) is 6.54 Å². The minimum Gasteiger partial charge on any atom is -0.321 e. The molecule has 1 aromatic heterocycles. The molecule has 24 heavy (non-hydrogen) atoms. The van der Waals surface area contributed by atoms with Gasteiger partial charge in [-0.25, -0.2) is 10.4 Å². The molecule has 0 unspecified atom stereocenters. The molecule has 1 N–H and O–H groups in total. The number of amides is 1. The third kappa shape index (κ3) is 2.44. The van der Waals surface area contributed by atoms with E-state index in [1.165, 1.54) is 12.0 Å². The maximum absolute atomic E-state index is 12.1. The van der Waals surface area contributed by atoms with Crippen molar-refractivity contribution in [1.29, 1.82) is 0 Å². The van der Waals surface area contributed by atoms with E-state index in [1.807, 2.05) is 35.0 Å². The molecule has 1 fully saturated rings. The van der Waals surface area contributed by atoms with Crippen LogP contribution in [0.15, 0.2) is 47.3 Å². The van der Waals surface area contributed by atoms with Gasteiger partial charge in [-0.2, -0.15) is 5.10 Å². The van der Waals surface area contributed by atoms with Crippen molar-refractivity contribution in [1.82, 2.24) is 15.0 Å². The number of hydrogen-bond acceptors (Lipinski definition) is 3. The van der Waals surface area contributed by atoms with Crippen molar-refractivity contribution in [2.45, 2.75) is 33.2 Å². The Balaban J connectivity index is 1.38. The van der Waals surface area contributed by atoms with E-state index in [0.717, 1.165) is 23.4 Å². The minimum atomic E-state index is -0.142. The number of fused-ring (bicyclic) bond motifs is 2. The van der Waals surface area contributed by atoms with Crippen LogP contribution < -0.4 is 5.43 Å². The molecule has 1 aromatic carbocycles. The highest BCUT2D eigenvalue weighted by atomic mass is 16.2. The summed E-state index contributed by atoms with van der Waals surface area (Å²) in [7, 11) is 0. The first-order chi connectivity index (χ1) is 11.6. The van der Waals surface area contributed by atoms with E-state index in [4.69, 9.17) is 0 Å². The van der Waals surface area contributed by atoms with Crippen molar-refractivity contribution in [2.75, 3.05) is 0 Å². The highest BCUT2D eigenvalue weighted by Gasteiger charge is 2.50. The van der Waals surface area contributed by atoms with E-state index in [2.05, 4.69) is 35.4 Å². The highest BCUT2D eigenvalue weighted by molar-refractivity contribution is 5.84. The van der Waals surface area contributed by atoms with Crippen molar-refractivity contribution in [2.24, 2.45) is 22.4 Å². The number of allylic oxidation sites excluding steroid dienone is 2. The molecule has 0 saturated heterocycles. The quantitative estimate of drug-likeness (QED) is 0.694. The van der Waals surface area contributed by atoms with Gasteiger partial charge in [-0.05, 0) is 47.8 Å². The summed E-state index contributed by atoms with van der Waals surface area (Å²) >= 11 is 0. The first-order valence-electron chi connectivity index (χ1n) is 8.47. The van der Waals surface area contributed by atoms with Crippen LogP contribution in [0.1, 0.15) is 26.7 Å². The fourth-order valence-corrected chi connectivity index (χ4v) is 4.05. The number of carbonyl (C=O) groups is 1. The van der Waals surface area contributed by atoms with Crippen LogP contribution >= 0.6 is 0 Å². The van der Waals surface area contributed by atoms with Crippen LogP contribution in [0.2, 0.25) is 0 Å². The molecule has 0 aliphatic heterocycles. The Morgan fingerprint density at radius 2 is 2.29 bits per heavy atom. The van der Waals surface area contributed by atoms with E-state index in [0.29, 0.717) is 11.3 Å². The lowest BCUT2D eigenvalue weighted by molar-refractivity contribution is -0.121. The zero-order valence-electron chi connectivity index (χ0n) is 14.1. The van der Waals surface area contributed by atoms with Crippen LogP contribution in [0.5, 0.6) is 0 Å². The molecule has 3 aliphatic rings. The minimum absolute atomic E-state index is 0.142. The Morgan fingerprint density at radius 3 is 3.08 bits per heavy atom. The number of benzene rings is 1. The van der Waals surface area contributed by atoms with Gasteiger partial charge in [0.25, 0.3) is 5.91 Å². The molecular weight excluding hydrogens is 300 g/mol. The second-order valence-electron chi connectivity index (χ2n) is 7.40. The molecule has 124 valence electrons. The first kappa shape index (κ1) is 15.1. The summed E-state index contributed by atoms with van der Waals surface area (Å²) in [6.45, 7) is 4.87. The smallest absolute Gasteiger partial charge is 0.260 e. The fraction of sp³-hybridized carbons (Fsp3) is 0.421. The molecule has 5 heteroatoms. The van der Waals surface area contributed by atoms with Crippen molar-refractivity contribution >= 4 is 23.2 Å². The number of hydrazone groups is 1. The number of nitrogens with zero attached hydrogens (tertiary/aromatic N) is 3. The van der Waals surface area contributed by atoms with Gasteiger partial charge in [0.05, 0.1) is 23.6 Å². The predicted octanol–water partition coefficient (Wildman–Crippen LogP) is 3.13. The second kappa shape index (κ2) is 5.58. The van der Waals surface area contributed by atoms with Crippen molar-refractivity contribution < 1.29 is 4.79 Å². The molecule has 1 amide bonds. The number of imidazole rings is 1. The summed E-state index contributed by atoms with van der Waals surface area (Å²) in [6.07, 6.45) is 8.16. The molecule has 3 aliphatic carbocycles. The number of carbonyl (C=O) groups excluding carboxylic acids is 1. The van der Waals surface area contributed by atoms with Gasteiger partial charge in [0.15, 0.2) is 0 Å². The SMILES string of the molecule is CC1(C)[C@H]2CC=C(C=NNC(=O)Cn3cnc4ccccc43)[C@H]1C2. The summed E-state index contributed by atoms with van der Waals surface area (Å²) < 4.78 is 1.83. The van der Waals surface area contributed by atoms with Crippen molar-refractivity contribution in [3.8, 4) is 0 Å². The number of nitrogens with one attached hydrogen (secondary N) is 1. The number of hydrogen-bond donors (Lipinski definition) is 1. The standard InChI is InChI=1S/C19H22N4O/c1-19(2)14-8-7-13(15(19)9-14)10-21-22-18(24)11-23-12-20-16-5-3-4-6-17(16)23/h3-7,10,12,14-15H,8-9,11H2,1-2H3,(H,22,24)/t14-,15+/m0/s1. The summed E-state index contributed by atoms with van der Waals surface area (Å²) in [6, 6.07) is 7.78. The average molecular weight is 322 g/mol. The number of para-hydroxylation sites is 2. The molecule has 1 saturated carbocycles. The van der Waals surface area contributed by atoms with Gasteiger partial charge in [-0.1, -0.05) is 32.1 Å². The van der Waals surface area contributed by atoms with Gasteiger partial charge < -0.3 is 4.57 Å². The van der Waals surface area contributed by atoms with Crippen molar-refractivity contribution in [3.63, 3.8) is 0 Å². The third-order valence-corrected chi connectivity index (χ3v) is 5.76.